The number of hydrogen-bond donors (Lipinski definition) is 0. The quantitative estimate of drug-likeness (QED) is 0.405. The number of esters is 2. The Labute approximate surface area is 156 Å². The Morgan fingerprint density at radius 2 is 1.46 bits per heavy atom. The molecule has 0 aromatic carbocycles. The van der Waals surface area contributed by atoms with Crippen molar-refractivity contribution < 1.29 is 28.6 Å². The second kappa shape index (κ2) is 9.78. The SMILES string of the molecule is CCOC(=O)C(C(=O)OCC)C(C)C1CCN(C(=O)OC(C)(C)C)CC1. The Hall–Kier alpha value is -1.79. The number of carbonyl (C=O) groups is 3. The van der Waals surface area contributed by atoms with Gasteiger partial charge in [-0.2, -0.15) is 0 Å². The molecule has 0 bridgehead atoms. The molecule has 1 heterocycles. The molecule has 1 rings (SSSR count). The van der Waals surface area contributed by atoms with Gasteiger partial charge in [0.05, 0.1) is 13.2 Å². The van der Waals surface area contributed by atoms with Gasteiger partial charge in [-0.15, -0.1) is 0 Å². The first-order valence-corrected chi connectivity index (χ1v) is 9.41. The Morgan fingerprint density at radius 1 is 1.00 bits per heavy atom. The van der Waals surface area contributed by atoms with Crippen molar-refractivity contribution in [2.45, 2.75) is 60.0 Å². The van der Waals surface area contributed by atoms with E-state index < -0.39 is 23.5 Å². The summed E-state index contributed by atoms with van der Waals surface area (Å²) >= 11 is 0. The minimum absolute atomic E-state index is 0.132. The van der Waals surface area contributed by atoms with Gasteiger partial charge >= 0.3 is 18.0 Å². The smallest absolute Gasteiger partial charge is 0.410 e. The maximum atomic E-state index is 12.3. The molecule has 1 aliphatic rings. The highest BCUT2D eigenvalue weighted by molar-refractivity contribution is 5.95. The number of amides is 1. The molecular weight excluding hydrogens is 338 g/mol. The zero-order valence-corrected chi connectivity index (χ0v) is 16.9. The number of carbonyl (C=O) groups excluding carboxylic acids is 3. The van der Waals surface area contributed by atoms with E-state index >= 15 is 0 Å². The molecule has 0 aromatic heterocycles. The van der Waals surface area contributed by atoms with Crippen LogP contribution in [0.25, 0.3) is 0 Å². The normalized spacial score (nSPS) is 17.0. The Balaban J connectivity index is 2.71. The van der Waals surface area contributed by atoms with Crippen molar-refractivity contribution in [1.29, 1.82) is 0 Å². The van der Waals surface area contributed by atoms with Crippen molar-refractivity contribution in [2.75, 3.05) is 26.3 Å². The summed E-state index contributed by atoms with van der Waals surface area (Å²) in [5, 5.41) is 0. The van der Waals surface area contributed by atoms with Crippen molar-refractivity contribution in [2.24, 2.45) is 17.8 Å². The van der Waals surface area contributed by atoms with Crippen LogP contribution >= 0.6 is 0 Å². The van der Waals surface area contributed by atoms with Gasteiger partial charge in [-0.1, -0.05) is 6.92 Å². The average molecular weight is 371 g/mol. The third-order valence-electron chi connectivity index (χ3n) is 4.54. The fourth-order valence-electron chi connectivity index (χ4n) is 3.20. The zero-order valence-electron chi connectivity index (χ0n) is 16.9. The predicted molar refractivity (Wildman–Crippen MR) is 96.5 cm³/mol. The van der Waals surface area contributed by atoms with Crippen molar-refractivity contribution >= 4 is 18.0 Å². The summed E-state index contributed by atoms with van der Waals surface area (Å²) in [5.41, 5.74) is -0.528. The summed E-state index contributed by atoms with van der Waals surface area (Å²) in [5.74, 6) is -2.07. The zero-order chi connectivity index (χ0) is 19.9. The van der Waals surface area contributed by atoms with Gasteiger partial charge in [0.1, 0.15) is 5.60 Å². The molecule has 0 spiro atoms. The Bertz CT molecular complexity index is 473. The Morgan fingerprint density at radius 3 is 1.85 bits per heavy atom. The molecule has 1 fully saturated rings. The summed E-state index contributed by atoms with van der Waals surface area (Å²) in [6, 6.07) is 0. The topological polar surface area (TPSA) is 82.1 Å². The molecule has 0 aliphatic carbocycles. The molecule has 0 saturated carbocycles. The standard InChI is InChI=1S/C19H33NO6/c1-7-24-16(21)15(17(22)25-8-2)13(3)14-9-11-20(12-10-14)18(23)26-19(4,5)6/h13-15H,7-12H2,1-6H3. The summed E-state index contributed by atoms with van der Waals surface area (Å²) in [6.07, 6.45) is 1.08. The van der Waals surface area contributed by atoms with E-state index in [-0.39, 0.29) is 31.1 Å². The average Bonchev–Trinajstić information content (AvgIpc) is 2.54. The van der Waals surface area contributed by atoms with Crippen LogP contribution in [0.15, 0.2) is 0 Å². The van der Waals surface area contributed by atoms with Crippen LogP contribution in [0.1, 0.15) is 54.4 Å². The van der Waals surface area contributed by atoms with Crippen LogP contribution in [0.5, 0.6) is 0 Å². The summed E-state index contributed by atoms with van der Waals surface area (Å²) < 4.78 is 15.5. The largest absolute Gasteiger partial charge is 0.465 e. The van der Waals surface area contributed by atoms with Crippen LogP contribution in [-0.2, 0) is 23.8 Å². The first-order valence-electron chi connectivity index (χ1n) is 9.41. The second-order valence-corrected chi connectivity index (χ2v) is 7.65. The van der Waals surface area contributed by atoms with Crippen LogP contribution < -0.4 is 0 Å². The predicted octanol–water partition coefficient (Wildman–Crippen LogP) is 3.01. The molecule has 1 unspecified atom stereocenters. The van der Waals surface area contributed by atoms with Gasteiger partial charge in [0.15, 0.2) is 5.92 Å². The van der Waals surface area contributed by atoms with Gasteiger partial charge in [0, 0.05) is 13.1 Å². The molecule has 7 nitrogen and oxygen atoms in total. The van der Waals surface area contributed by atoms with Gasteiger partial charge in [-0.05, 0) is 59.3 Å². The van der Waals surface area contributed by atoms with Gasteiger partial charge < -0.3 is 19.1 Å². The van der Waals surface area contributed by atoms with Crippen LogP contribution in [0.2, 0.25) is 0 Å². The lowest BCUT2D eigenvalue weighted by Crippen LogP contribution is -2.45. The van der Waals surface area contributed by atoms with Crippen LogP contribution in [0.4, 0.5) is 4.79 Å². The molecule has 150 valence electrons. The lowest BCUT2D eigenvalue weighted by Gasteiger charge is -2.37. The first-order chi connectivity index (χ1) is 12.1. The van der Waals surface area contributed by atoms with E-state index in [2.05, 4.69) is 0 Å². The molecule has 0 N–H and O–H groups in total. The Kier molecular flexibility index (Phi) is 8.37. The van der Waals surface area contributed by atoms with E-state index in [1.54, 1.807) is 18.7 Å². The lowest BCUT2D eigenvalue weighted by molar-refractivity contribution is -0.165. The fraction of sp³-hybridized carbons (Fsp3) is 0.842. The molecule has 1 amide bonds. The molecule has 0 aromatic rings. The highest BCUT2D eigenvalue weighted by Crippen LogP contribution is 2.32. The number of nitrogens with zero attached hydrogens (tertiary/aromatic N) is 1. The lowest BCUT2D eigenvalue weighted by atomic mass is 9.77. The minimum atomic E-state index is -0.923. The van der Waals surface area contributed by atoms with Gasteiger partial charge in [-0.3, -0.25) is 9.59 Å². The van der Waals surface area contributed by atoms with E-state index in [0.717, 1.165) is 0 Å². The number of piperidine rings is 1. The second-order valence-electron chi connectivity index (χ2n) is 7.65. The van der Waals surface area contributed by atoms with Crippen LogP contribution in [0.3, 0.4) is 0 Å². The molecule has 1 saturated heterocycles. The van der Waals surface area contributed by atoms with E-state index in [1.807, 2.05) is 27.7 Å². The van der Waals surface area contributed by atoms with Gasteiger partial charge in [0.25, 0.3) is 0 Å². The summed E-state index contributed by atoms with van der Waals surface area (Å²) in [6.45, 7) is 12.3. The molecule has 1 atom stereocenters. The highest BCUT2D eigenvalue weighted by Gasteiger charge is 2.40. The third kappa shape index (κ3) is 6.50. The minimum Gasteiger partial charge on any atom is -0.465 e. The molecule has 0 radical (unpaired) electrons. The van der Waals surface area contributed by atoms with Crippen molar-refractivity contribution in [3.05, 3.63) is 0 Å². The number of rotatable bonds is 6. The summed E-state index contributed by atoms with van der Waals surface area (Å²) in [4.78, 5) is 38.4. The number of ether oxygens (including phenoxy) is 3. The maximum Gasteiger partial charge on any atom is 0.410 e. The molecule has 7 heteroatoms. The van der Waals surface area contributed by atoms with Crippen molar-refractivity contribution in [1.82, 2.24) is 4.90 Å². The molecule has 1 aliphatic heterocycles. The van der Waals surface area contributed by atoms with Gasteiger partial charge in [0.2, 0.25) is 0 Å². The van der Waals surface area contributed by atoms with Crippen molar-refractivity contribution in [3.8, 4) is 0 Å². The maximum absolute atomic E-state index is 12.3. The highest BCUT2D eigenvalue weighted by atomic mass is 16.6. The van der Waals surface area contributed by atoms with Crippen molar-refractivity contribution in [3.63, 3.8) is 0 Å². The monoisotopic (exact) mass is 371 g/mol. The first kappa shape index (κ1) is 22.3. The third-order valence-corrected chi connectivity index (χ3v) is 4.54. The summed E-state index contributed by atoms with van der Waals surface area (Å²) in [7, 11) is 0. The van der Waals surface area contributed by atoms with E-state index in [9.17, 15) is 14.4 Å². The van der Waals surface area contributed by atoms with E-state index in [1.165, 1.54) is 0 Å². The van der Waals surface area contributed by atoms with E-state index in [0.29, 0.717) is 25.9 Å². The fourth-order valence-corrected chi connectivity index (χ4v) is 3.20. The molecule has 26 heavy (non-hydrogen) atoms. The molecular formula is C19H33NO6. The van der Waals surface area contributed by atoms with E-state index in [4.69, 9.17) is 14.2 Å². The van der Waals surface area contributed by atoms with Gasteiger partial charge in [-0.25, -0.2) is 4.79 Å². The number of likely N-dealkylation sites (tertiary alicyclic amines) is 1. The van der Waals surface area contributed by atoms with Crippen LogP contribution in [0, 0.1) is 17.8 Å². The number of hydrogen-bond acceptors (Lipinski definition) is 6. The van der Waals surface area contributed by atoms with Crippen LogP contribution in [-0.4, -0.2) is 54.8 Å².